The van der Waals surface area contributed by atoms with Gasteiger partial charge in [-0.1, -0.05) is 24.3 Å². The molecule has 0 spiro atoms. The lowest BCUT2D eigenvalue weighted by molar-refractivity contribution is 0.302. The summed E-state index contributed by atoms with van der Waals surface area (Å²) in [5.41, 5.74) is 2.91. The lowest BCUT2D eigenvalue weighted by atomic mass is 10.1. The minimum absolute atomic E-state index is 0.584. The maximum atomic E-state index is 3.51. The molecule has 1 aliphatic rings. The average molecular weight is 232 g/mol. The van der Waals surface area contributed by atoms with Crippen LogP contribution in [0.3, 0.4) is 0 Å². The Morgan fingerprint density at radius 3 is 2.41 bits per heavy atom. The number of rotatable bonds is 6. The van der Waals surface area contributed by atoms with Gasteiger partial charge in [-0.05, 0) is 50.9 Å². The van der Waals surface area contributed by atoms with E-state index in [0.29, 0.717) is 6.04 Å². The zero-order valence-electron chi connectivity index (χ0n) is 11.2. The molecule has 1 unspecified atom stereocenters. The van der Waals surface area contributed by atoms with Crippen molar-refractivity contribution in [1.29, 1.82) is 0 Å². The Morgan fingerprint density at radius 2 is 1.88 bits per heavy atom. The minimum atomic E-state index is 0.584. The fourth-order valence-electron chi connectivity index (χ4n) is 1.93. The molecule has 2 heteroatoms. The quantitative estimate of drug-likeness (QED) is 0.811. The smallest absolute Gasteiger partial charge is 0.0206 e. The summed E-state index contributed by atoms with van der Waals surface area (Å²) in [5, 5.41) is 3.51. The summed E-state index contributed by atoms with van der Waals surface area (Å²) >= 11 is 0. The summed E-state index contributed by atoms with van der Waals surface area (Å²) in [4.78, 5) is 2.24. The van der Waals surface area contributed by atoms with E-state index in [-0.39, 0.29) is 0 Å². The third-order valence-corrected chi connectivity index (χ3v) is 3.68. The Kier molecular flexibility index (Phi) is 4.19. The summed E-state index contributed by atoms with van der Waals surface area (Å²) < 4.78 is 0. The first-order valence-corrected chi connectivity index (χ1v) is 6.63. The van der Waals surface area contributed by atoms with Crippen molar-refractivity contribution in [3.8, 4) is 0 Å². The normalized spacial score (nSPS) is 17.4. The van der Waals surface area contributed by atoms with Gasteiger partial charge in [0.05, 0.1) is 0 Å². The standard InChI is InChI=1S/C15H24N2/c1-12(17(2)3)10-16-11-13-4-6-14(7-5-13)15-8-9-15/h4-7,12,15-16H,8-11H2,1-3H3. The second-order valence-electron chi connectivity index (χ2n) is 5.46. The molecule has 2 nitrogen and oxygen atoms in total. The largest absolute Gasteiger partial charge is 0.311 e. The molecular weight excluding hydrogens is 208 g/mol. The van der Waals surface area contributed by atoms with Gasteiger partial charge in [0.1, 0.15) is 0 Å². The fraction of sp³-hybridized carbons (Fsp3) is 0.600. The lowest BCUT2D eigenvalue weighted by Gasteiger charge is -2.20. The Hall–Kier alpha value is -0.860. The van der Waals surface area contributed by atoms with E-state index in [1.54, 1.807) is 0 Å². The lowest BCUT2D eigenvalue weighted by Crippen LogP contribution is -2.35. The van der Waals surface area contributed by atoms with Crippen molar-refractivity contribution in [1.82, 2.24) is 10.2 Å². The van der Waals surface area contributed by atoms with E-state index >= 15 is 0 Å². The van der Waals surface area contributed by atoms with Crippen LogP contribution in [0, 0.1) is 0 Å². The number of nitrogens with one attached hydrogen (secondary N) is 1. The highest BCUT2D eigenvalue weighted by Gasteiger charge is 2.22. The van der Waals surface area contributed by atoms with E-state index in [9.17, 15) is 0 Å². The molecule has 2 rings (SSSR count). The number of nitrogens with zero attached hydrogens (tertiary/aromatic N) is 1. The molecule has 0 heterocycles. The van der Waals surface area contributed by atoms with Gasteiger partial charge in [-0.25, -0.2) is 0 Å². The second-order valence-corrected chi connectivity index (χ2v) is 5.46. The van der Waals surface area contributed by atoms with Gasteiger partial charge >= 0.3 is 0 Å². The Morgan fingerprint density at radius 1 is 1.24 bits per heavy atom. The van der Waals surface area contributed by atoms with E-state index in [1.807, 2.05) is 0 Å². The van der Waals surface area contributed by atoms with Crippen LogP contribution >= 0.6 is 0 Å². The first-order valence-electron chi connectivity index (χ1n) is 6.63. The molecule has 0 radical (unpaired) electrons. The summed E-state index contributed by atoms with van der Waals surface area (Å²) in [6, 6.07) is 9.71. The van der Waals surface area contributed by atoms with Crippen LogP contribution in [-0.2, 0) is 6.54 Å². The summed E-state index contributed by atoms with van der Waals surface area (Å²) in [6.07, 6.45) is 2.77. The molecule has 1 N–H and O–H groups in total. The van der Waals surface area contributed by atoms with Crippen LogP contribution in [0.15, 0.2) is 24.3 Å². The van der Waals surface area contributed by atoms with Crippen molar-refractivity contribution < 1.29 is 0 Å². The van der Waals surface area contributed by atoms with E-state index in [2.05, 4.69) is 55.5 Å². The van der Waals surface area contributed by atoms with E-state index in [1.165, 1.54) is 24.0 Å². The van der Waals surface area contributed by atoms with Crippen LogP contribution in [0.5, 0.6) is 0 Å². The summed E-state index contributed by atoms with van der Waals surface area (Å²) in [6.45, 7) is 4.25. The Bertz CT molecular complexity index is 338. The van der Waals surface area contributed by atoms with Crippen LogP contribution in [0.25, 0.3) is 0 Å². The van der Waals surface area contributed by atoms with Gasteiger partial charge in [0, 0.05) is 19.1 Å². The van der Waals surface area contributed by atoms with Gasteiger partial charge < -0.3 is 10.2 Å². The Labute approximate surface area is 105 Å². The highest BCUT2D eigenvalue weighted by molar-refractivity contribution is 5.27. The average Bonchev–Trinajstić information content (AvgIpc) is 3.13. The van der Waals surface area contributed by atoms with E-state index in [0.717, 1.165) is 19.0 Å². The van der Waals surface area contributed by atoms with Crippen molar-refractivity contribution in [3.63, 3.8) is 0 Å². The second kappa shape index (κ2) is 5.65. The maximum Gasteiger partial charge on any atom is 0.0206 e. The number of hydrogen-bond acceptors (Lipinski definition) is 2. The summed E-state index contributed by atoms with van der Waals surface area (Å²) in [7, 11) is 4.24. The Balaban J connectivity index is 1.75. The van der Waals surface area contributed by atoms with Gasteiger partial charge in [0.15, 0.2) is 0 Å². The molecule has 1 saturated carbocycles. The van der Waals surface area contributed by atoms with Gasteiger partial charge in [0.2, 0.25) is 0 Å². The van der Waals surface area contributed by atoms with Gasteiger partial charge in [-0.15, -0.1) is 0 Å². The van der Waals surface area contributed by atoms with Gasteiger partial charge in [-0.3, -0.25) is 0 Å². The third-order valence-electron chi connectivity index (χ3n) is 3.68. The molecule has 0 aliphatic heterocycles. The predicted molar refractivity (Wildman–Crippen MR) is 73.3 cm³/mol. The molecule has 1 fully saturated rings. The topological polar surface area (TPSA) is 15.3 Å². The SMILES string of the molecule is CC(CNCc1ccc(C2CC2)cc1)N(C)C. The molecule has 0 saturated heterocycles. The number of likely N-dealkylation sites (N-methyl/N-ethyl adjacent to an activating group) is 1. The van der Waals surface area contributed by atoms with Crippen LogP contribution in [0.2, 0.25) is 0 Å². The molecule has 0 amide bonds. The van der Waals surface area contributed by atoms with Crippen LogP contribution in [0.1, 0.15) is 36.8 Å². The van der Waals surface area contributed by atoms with Crippen molar-refractivity contribution >= 4 is 0 Å². The zero-order chi connectivity index (χ0) is 12.3. The van der Waals surface area contributed by atoms with Crippen molar-refractivity contribution in [2.24, 2.45) is 0 Å². The fourth-order valence-corrected chi connectivity index (χ4v) is 1.93. The molecule has 1 aromatic rings. The molecule has 94 valence electrons. The van der Waals surface area contributed by atoms with Crippen molar-refractivity contribution in [2.75, 3.05) is 20.6 Å². The van der Waals surface area contributed by atoms with Crippen LogP contribution in [-0.4, -0.2) is 31.6 Å². The van der Waals surface area contributed by atoms with Crippen LogP contribution in [0.4, 0.5) is 0 Å². The van der Waals surface area contributed by atoms with Crippen LogP contribution < -0.4 is 5.32 Å². The first-order chi connectivity index (χ1) is 8.16. The molecule has 17 heavy (non-hydrogen) atoms. The number of benzene rings is 1. The van der Waals surface area contributed by atoms with E-state index in [4.69, 9.17) is 0 Å². The van der Waals surface area contributed by atoms with Gasteiger partial charge in [0.25, 0.3) is 0 Å². The maximum absolute atomic E-state index is 3.51. The highest BCUT2D eigenvalue weighted by Crippen LogP contribution is 2.39. The number of hydrogen-bond donors (Lipinski definition) is 1. The molecule has 1 aliphatic carbocycles. The molecular formula is C15H24N2. The molecule has 0 bridgehead atoms. The monoisotopic (exact) mass is 232 g/mol. The third kappa shape index (κ3) is 3.83. The zero-order valence-corrected chi connectivity index (χ0v) is 11.2. The van der Waals surface area contributed by atoms with Crippen molar-refractivity contribution in [3.05, 3.63) is 35.4 Å². The van der Waals surface area contributed by atoms with E-state index < -0.39 is 0 Å². The predicted octanol–water partition coefficient (Wildman–Crippen LogP) is 2.60. The van der Waals surface area contributed by atoms with Gasteiger partial charge in [-0.2, -0.15) is 0 Å². The first kappa shape index (κ1) is 12.6. The van der Waals surface area contributed by atoms with Crippen molar-refractivity contribution in [2.45, 2.75) is 38.3 Å². The summed E-state index contributed by atoms with van der Waals surface area (Å²) in [5.74, 6) is 0.866. The molecule has 0 aromatic heterocycles. The minimum Gasteiger partial charge on any atom is -0.311 e. The molecule has 1 aromatic carbocycles. The highest BCUT2D eigenvalue weighted by atomic mass is 15.1. The molecule has 1 atom stereocenters.